The molecule has 0 aromatic heterocycles. The largest absolute Gasteiger partial charge is 0.506 e. The van der Waals surface area contributed by atoms with Gasteiger partial charge in [0.1, 0.15) is 23.8 Å². The molecule has 88 valence electrons. The molecule has 0 unspecified atom stereocenters. The molecule has 3 nitrogen and oxygen atoms in total. The molecule has 0 saturated carbocycles. The highest BCUT2D eigenvalue weighted by Crippen LogP contribution is 2.30. The minimum absolute atomic E-state index is 0.0484. The molecule has 0 fully saturated rings. The van der Waals surface area contributed by atoms with Gasteiger partial charge in [0.2, 0.25) is 0 Å². The molecule has 2 rings (SSSR count). The zero-order chi connectivity index (χ0) is 12.3. The van der Waals surface area contributed by atoms with E-state index in [0.717, 1.165) is 5.56 Å². The van der Waals surface area contributed by atoms with Crippen LogP contribution in [0.4, 0.5) is 5.69 Å². The Kier molecular flexibility index (Phi) is 3.19. The van der Waals surface area contributed by atoms with Gasteiger partial charge in [-0.15, -0.1) is 0 Å². The molecule has 0 saturated heterocycles. The maximum atomic E-state index is 9.45. The lowest BCUT2D eigenvalue weighted by molar-refractivity contribution is 0.305. The topological polar surface area (TPSA) is 55.5 Å². The average molecular weight is 229 g/mol. The van der Waals surface area contributed by atoms with Gasteiger partial charge in [0.05, 0.1) is 0 Å². The first-order chi connectivity index (χ1) is 8.18. The second-order valence-electron chi connectivity index (χ2n) is 3.90. The van der Waals surface area contributed by atoms with Gasteiger partial charge in [-0.1, -0.05) is 30.3 Å². The molecule has 0 heterocycles. The van der Waals surface area contributed by atoms with E-state index >= 15 is 0 Å². The number of benzene rings is 2. The number of para-hydroxylation sites is 1. The maximum absolute atomic E-state index is 9.45. The zero-order valence-corrected chi connectivity index (χ0v) is 9.68. The molecule has 0 aliphatic rings. The zero-order valence-electron chi connectivity index (χ0n) is 9.68. The van der Waals surface area contributed by atoms with Gasteiger partial charge in [-0.05, 0) is 30.2 Å². The number of aromatic hydroxyl groups is 1. The highest BCUT2D eigenvalue weighted by Gasteiger charge is 2.05. The molecule has 0 radical (unpaired) electrons. The van der Waals surface area contributed by atoms with Crippen molar-refractivity contribution in [3.63, 3.8) is 0 Å². The van der Waals surface area contributed by atoms with Crippen LogP contribution in [0.1, 0.15) is 11.1 Å². The van der Waals surface area contributed by atoms with Crippen LogP contribution in [0.5, 0.6) is 11.5 Å². The molecular formula is C14H15NO2. The molecule has 0 bridgehead atoms. The van der Waals surface area contributed by atoms with Crippen molar-refractivity contribution in [3.05, 3.63) is 53.6 Å². The highest BCUT2D eigenvalue weighted by atomic mass is 16.5. The van der Waals surface area contributed by atoms with Gasteiger partial charge in [-0.25, -0.2) is 0 Å². The van der Waals surface area contributed by atoms with Crippen molar-refractivity contribution in [1.82, 2.24) is 0 Å². The van der Waals surface area contributed by atoms with E-state index in [2.05, 4.69) is 0 Å². The number of aryl methyl sites for hydroxylation is 1. The number of phenols is 1. The van der Waals surface area contributed by atoms with Gasteiger partial charge in [0.25, 0.3) is 0 Å². The van der Waals surface area contributed by atoms with E-state index < -0.39 is 0 Å². The van der Waals surface area contributed by atoms with Crippen LogP contribution in [0.25, 0.3) is 0 Å². The van der Waals surface area contributed by atoms with E-state index in [9.17, 15) is 5.11 Å². The fourth-order valence-corrected chi connectivity index (χ4v) is 1.59. The van der Waals surface area contributed by atoms with Crippen molar-refractivity contribution in [1.29, 1.82) is 0 Å². The smallest absolute Gasteiger partial charge is 0.146 e. The Morgan fingerprint density at radius 2 is 1.88 bits per heavy atom. The standard InChI is InChI=1S/C14H15NO2/c1-10-5-2-3-6-11(10)9-17-13-8-4-7-12(16)14(13)15/h2-8,16H,9,15H2,1H3. The third-order valence-corrected chi connectivity index (χ3v) is 2.69. The Balaban J connectivity index is 2.13. The van der Waals surface area contributed by atoms with Crippen molar-refractivity contribution in [2.24, 2.45) is 0 Å². The highest BCUT2D eigenvalue weighted by molar-refractivity contribution is 5.61. The van der Waals surface area contributed by atoms with Gasteiger partial charge >= 0.3 is 0 Å². The van der Waals surface area contributed by atoms with Crippen molar-refractivity contribution < 1.29 is 9.84 Å². The molecule has 2 aromatic rings. The minimum atomic E-state index is 0.0484. The first-order valence-corrected chi connectivity index (χ1v) is 5.43. The summed E-state index contributed by atoms with van der Waals surface area (Å²) in [5.74, 6) is 0.556. The third kappa shape index (κ3) is 2.50. The SMILES string of the molecule is Cc1ccccc1COc1cccc(O)c1N. The second kappa shape index (κ2) is 4.78. The summed E-state index contributed by atoms with van der Waals surface area (Å²) in [6, 6.07) is 13.0. The summed E-state index contributed by atoms with van der Waals surface area (Å²) in [7, 11) is 0. The molecule has 3 heteroatoms. The fraction of sp³-hybridized carbons (Fsp3) is 0.143. The number of ether oxygens (including phenoxy) is 1. The number of nitrogens with two attached hydrogens (primary N) is 1. The number of hydrogen-bond donors (Lipinski definition) is 2. The van der Waals surface area contributed by atoms with E-state index in [0.29, 0.717) is 12.4 Å². The average Bonchev–Trinajstić information content (AvgIpc) is 2.33. The van der Waals surface area contributed by atoms with E-state index in [1.54, 1.807) is 12.1 Å². The van der Waals surface area contributed by atoms with Gasteiger partial charge in [0.15, 0.2) is 0 Å². The van der Waals surface area contributed by atoms with Crippen molar-refractivity contribution in [2.75, 3.05) is 5.73 Å². The van der Waals surface area contributed by atoms with E-state index in [4.69, 9.17) is 10.5 Å². The van der Waals surface area contributed by atoms with E-state index in [1.165, 1.54) is 11.6 Å². The summed E-state index contributed by atoms with van der Waals surface area (Å²) >= 11 is 0. The first-order valence-electron chi connectivity index (χ1n) is 5.43. The quantitative estimate of drug-likeness (QED) is 0.628. The Bertz CT molecular complexity index is 523. The minimum Gasteiger partial charge on any atom is -0.506 e. The Hall–Kier alpha value is -2.16. The molecular weight excluding hydrogens is 214 g/mol. The van der Waals surface area contributed by atoms with Crippen LogP contribution in [-0.4, -0.2) is 5.11 Å². The van der Waals surface area contributed by atoms with Crippen LogP contribution in [0, 0.1) is 6.92 Å². The van der Waals surface area contributed by atoms with Crippen molar-refractivity contribution in [2.45, 2.75) is 13.5 Å². The van der Waals surface area contributed by atoms with Gasteiger partial charge < -0.3 is 15.6 Å². The van der Waals surface area contributed by atoms with Crippen LogP contribution in [-0.2, 0) is 6.61 Å². The summed E-state index contributed by atoms with van der Waals surface area (Å²) in [6.45, 7) is 2.48. The Morgan fingerprint density at radius 3 is 2.65 bits per heavy atom. The van der Waals surface area contributed by atoms with Crippen molar-refractivity contribution in [3.8, 4) is 11.5 Å². The molecule has 0 aliphatic carbocycles. The van der Waals surface area contributed by atoms with Crippen molar-refractivity contribution >= 4 is 5.69 Å². The van der Waals surface area contributed by atoms with Crippen LogP contribution < -0.4 is 10.5 Å². The number of nitrogen functional groups attached to an aromatic ring is 1. The van der Waals surface area contributed by atoms with E-state index in [-0.39, 0.29) is 11.4 Å². The van der Waals surface area contributed by atoms with Gasteiger partial charge in [-0.3, -0.25) is 0 Å². The summed E-state index contributed by atoms with van der Waals surface area (Å²) in [6.07, 6.45) is 0. The summed E-state index contributed by atoms with van der Waals surface area (Å²) in [5.41, 5.74) is 8.27. The second-order valence-corrected chi connectivity index (χ2v) is 3.90. The van der Waals surface area contributed by atoms with Crippen LogP contribution in [0.2, 0.25) is 0 Å². The number of rotatable bonds is 3. The third-order valence-electron chi connectivity index (χ3n) is 2.69. The van der Waals surface area contributed by atoms with Crippen LogP contribution in [0.15, 0.2) is 42.5 Å². The number of hydrogen-bond acceptors (Lipinski definition) is 3. The Labute approximate surface area is 100 Å². The number of phenolic OH excluding ortho intramolecular Hbond substituents is 1. The summed E-state index contributed by atoms with van der Waals surface area (Å²) < 4.78 is 5.60. The molecule has 0 spiro atoms. The van der Waals surface area contributed by atoms with Crippen LogP contribution >= 0.6 is 0 Å². The predicted molar refractivity (Wildman–Crippen MR) is 68.0 cm³/mol. The maximum Gasteiger partial charge on any atom is 0.146 e. The molecule has 0 atom stereocenters. The fourth-order valence-electron chi connectivity index (χ4n) is 1.59. The van der Waals surface area contributed by atoms with E-state index in [1.807, 2.05) is 31.2 Å². The Morgan fingerprint density at radius 1 is 1.12 bits per heavy atom. The van der Waals surface area contributed by atoms with Crippen LogP contribution in [0.3, 0.4) is 0 Å². The lowest BCUT2D eigenvalue weighted by Gasteiger charge is -2.11. The normalized spacial score (nSPS) is 10.2. The first kappa shape index (κ1) is 11.3. The summed E-state index contributed by atoms with van der Waals surface area (Å²) in [4.78, 5) is 0. The monoisotopic (exact) mass is 229 g/mol. The summed E-state index contributed by atoms with van der Waals surface area (Å²) in [5, 5.41) is 9.45. The molecule has 0 aliphatic heterocycles. The lowest BCUT2D eigenvalue weighted by Crippen LogP contribution is -2.00. The molecule has 3 N–H and O–H groups in total. The molecule has 2 aromatic carbocycles. The molecule has 17 heavy (non-hydrogen) atoms. The van der Waals surface area contributed by atoms with Gasteiger partial charge in [0, 0.05) is 0 Å². The lowest BCUT2D eigenvalue weighted by atomic mass is 10.1. The molecule has 0 amide bonds. The number of anilines is 1. The predicted octanol–water partition coefficient (Wildman–Crippen LogP) is 2.86. The van der Waals surface area contributed by atoms with Gasteiger partial charge in [-0.2, -0.15) is 0 Å².